The molecule has 2 heterocycles. The minimum atomic E-state index is -2.94. The van der Waals surface area contributed by atoms with E-state index in [4.69, 9.17) is 14.2 Å². The SMILES string of the molecule is COc1cc(Nc2ccn3ncc(-c4cccc(C(C)(F)F)c4)c3n2)cc(OC)c1OC. The average molecular weight is 440 g/mol. The van der Waals surface area contributed by atoms with Crippen LogP contribution in [0.1, 0.15) is 12.5 Å². The monoisotopic (exact) mass is 440 g/mol. The number of hydrogen-bond acceptors (Lipinski definition) is 6. The fraction of sp³-hybridized carbons (Fsp3) is 0.217. The van der Waals surface area contributed by atoms with E-state index in [9.17, 15) is 8.78 Å². The largest absolute Gasteiger partial charge is 0.493 e. The van der Waals surface area contributed by atoms with E-state index < -0.39 is 5.92 Å². The molecular formula is C23H22F2N4O3. The van der Waals surface area contributed by atoms with E-state index in [1.54, 1.807) is 47.2 Å². The molecule has 32 heavy (non-hydrogen) atoms. The Balaban J connectivity index is 1.73. The number of anilines is 2. The van der Waals surface area contributed by atoms with E-state index >= 15 is 0 Å². The summed E-state index contributed by atoms with van der Waals surface area (Å²) in [5.41, 5.74) is 2.38. The molecule has 2 aromatic carbocycles. The van der Waals surface area contributed by atoms with Crippen molar-refractivity contribution in [3.05, 3.63) is 60.4 Å². The van der Waals surface area contributed by atoms with Gasteiger partial charge in [0, 0.05) is 42.1 Å². The summed E-state index contributed by atoms with van der Waals surface area (Å²) in [4.78, 5) is 4.64. The molecule has 0 amide bonds. The minimum absolute atomic E-state index is 0.0685. The van der Waals surface area contributed by atoms with Crippen molar-refractivity contribution in [3.8, 4) is 28.4 Å². The van der Waals surface area contributed by atoms with Gasteiger partial charge in [-0.2, -0.15) is 5.10 Å². The van der Waals surface area contributed by atoms with Gasteiger partial charge in [-0.1, -0.05) is 18.2 Å². The van der Waals surface area contributed by atoms with Gasteiger partial charge < -0.3 is 19.5 Å². The highest BCUT2D eigenvalue weighted by Crippen LogP contribution is 2.40. The maximum atomic E-state index is 13.8. The van der Waals surface area contributed by atoms with Gasteiger partial charge in [-0.25, -0.2) is 18.3 Å². The molecule has 0 atom stereocenters. The molecule has 0 radical (unpaired) electrons. The first kappa shape index (κ1) is 21.4. The van der Waals surface area contributed by atoms with E-state index in [0.29, 0.717) is 45.5 Å². The zero-order chi connectivity index (χ0) is 22.9. The van der Waals surface area contributed by atoms with Crippen LogP contribution in [-0.4, -0.2) is 35.9 Å². The Kier molecular flexibility index (Phi) is 5.56. The van der Waals surface area contributed by atoms with Crippen LogP contribution in [0.15, 0.2) is 54.9 Å². The van der Waals surface area contributed by atoms with Gasteiger partial charge in [0.25, 0.3) is 5.92 Å². The van der Waals surface area contributed by atoms with Crippen LogP contribution in [0.25, 0.3) is 16.8 Å². The Morgan fingerprint density at radius 3 is 2.31 bits per heavy atom. The third-order valence-corrected chi connectivity index (χ3v) is 4.99. The fourth-order valence-corrected chi connectivity index (χ4v) is 3.40. The smallest absolute Gasteiger partial charge is 0.270 e. The van der Waals surface area contributed by atoms with Gasteiger partial charge in [0.15, 0.2) is 17.1 Å². The molecule has 0 aliphatic rings. The summed E-state index contributed by atoms with van der Waals surface area (Å²) < 4.78 is 45.3. The number of nitrogens with one attached hydrogen (secondary N) is 1. The first-order valence-corrected chi connectivity index (χ1v) is 9.74. The van der Waals surface area contributed by atoms with Gasteiger partial charge in [-0.3, -0.25) is 0 Å². The normalized spacial score (nSPS) is 11.4. The van der Waals surface area contributed by atoms with Crippen LogP contribution in [-0.2, 0) is 5.92 Å². The standard InChI is InChI=1S/C23H22F2N4O3/c1-23(24,25)15-7-5-6-14(10-15)17-13-26-29-9-8-20(28-22(17)29)27-16-11-18(30-2)21(32-4)19(12-16)31-3/h5-13H,1-4H3,(H,27,28). The number of fused-ring (bicyclic) bond motifs is 1. The summed E-state index contributed by atoms with van der Waals surface area (Å²) in [5, 5.41) is 7.51. The highest BCUT2D eigenvalue weighted by atomic mass is 19.3. The molecule has 0 saturated carbocycles. The van der Waals surface area contributed by atoms with E-state index in [-0.39, 0.29) is 5.56 Å². The van der Waals surface area contributed by atoms with Crippen LogP contribution < -0.4 is 19.5 Å². The lowest BCUT2D eigenvalue weighted by Gasteiger charge is -2.15. The van der Waals surface area contributed by atoms with Crippen LogP contribution in [0.4, 0.5) is 20.3 Å². The Morgan fingerprint density at radius 2 is 1.69 bits per heavy atom. The predicted molar refractivity (Wildman–Crippen MR) is 117 cm³/mol. The highest BCUT2D eigenvalue weighted by Gasteiger charge is 2.24. The molecule has 4 rings (SSSR count). The summed E-state index contributed by atoms with van der Waals surface area (Å²) in [6.45, 7) is 0.875. The van der Waals surface area contributed by atoms with Crippen LogP contribution in [0, 0.1) is 0 Å². The molecule has 0 saturated heterocycles. The van der Waals surface area contributed by atoms with Crippen molar-refractivity contribution >= 4 is 17.2 Å². The van der Waals surface area contributed by atoms with E-state index in [1.807, 2.05) is 0 Å². The molecule has 7 nitrogen and oxygen atoms in total. The maximum Gasteiger partial charge on any atom is 0.270 e. The van der Waals surface area contributed by atoms with Crippen molar-refractivity contribution in [1.29, 1.82) is 0 Å². The van der Waals surface area contributed by atoms with Crippen LogP contribution in [0.5, 0.6) is 17.2 Å². The summed E-state index contributed by atoms with van der Waals surface area (Å²) in [7, 11) is 4.61. The molecule has 0 unspecified atom stereocenters. The molecule has 0 aliphatic carbocycles. The highest BCUT2D eigenvalue weighted by molar-refractivity contribution is 5.78. The molecule has 0 fully saturated rings. The Morgan fingerprint density at radius 1 is 0.969 bits per heavy atom. The van der Waals surface area contributed by atoms with Crippen molar-refractivity contribution in [3.63, 3.8) is 0 Å². The summed E-state index contributed by atoms with van der Waals surface area (Å²) in [6.07, 6.45) is 3.35. The second-order valence-corrected chi connectivity index (χ2v) is 7.15. The Bertz CT molecular complexity index is 1240. The lowest BCUT2D eigenvalue weighted by Crippen LogP contribution is -2.06. The molecule has 166 valence electrons. The first-order valence-electron chi connectivity index (χ1n) is 9.74. The topological polar surface area (TPSA) is 69.9 Å². The van der Waals surface area contributed by atoms with Crippen molar-refractivity contribution in [1.82, 2.24) is 14.6 Å². The molecule has 0 aliphatic heterocycles. The molecule has 0 bridgehead atoms. The van der Waals surface area contributed by atoms with Gasteiger partial charge >= 0.3 is 0 Å². The number of methoxy groups -OCH3 is 3. The van der Waals surface area contributed by atoms with Crippen LogP contribution in [0.2, 0.25) is 0 Å². The molecule has 1 N–H and O–H groups in total. The van der Waals surface area contributed by atoms with Gasteiger partial charge in [-0.05, 0) is 17.7 Å². The van der Waals surface area contributed by atoms with Crippen molar-refractivity contribution < 1.29 is 23.0 Å². The molecule has 2 aromatic heterocycles. The molecule has 4 aromatic rings. The lowest BCUT2D eigenvalue weighted by atomic mass is 10.0. The second kappa shape index (κ2) is 8.33. The van der Waals surface area contributed by atoms with Crippen LogP contribution in [0.3, 0.4) is 0 Å². The molecule has 0 spiro atoms. The predicted octanol–water partition coefficient (Wildman–Crippen LogP) is 5.28. The van der Waals surface area contributed by atoms with Crippen molar-refractivity contribution in [2.75, 3.05) is 26.6 Å². The number of nitrogens with zero attached hydrogens (tertiary/aromatic N) is 3. The zero-order valence-electron chi connectivity index (χ0n) is 18.0. The first-order chi connectivity index (χ1) is 15.3. The van der Waals surface area contributed by atoms with Gasteiger partial charge in [0.05, 0.1) is 27.5 Å². The van der Waals surface area contributed by atoms with Gasteiger partial charge in [0.1, 0.15) is 5.82 Å². The summed E-state index contributed by atoms with van der Waals surface area (Å²) in [5.74, 6) is -0.929. The summed E-state index contributed by atoms with van der Waals surface area (Å²) in [6, 6.07) is 11.5. The number of alkyl halides is 2. The average Bonchev–Trinajstić information content (AvgIpc) is 3.21. The van der Waals surface area contributed by atoms with Crippen molar-refractivity contribution in [2.45, 2.75) is 12.8 Å². The summed E-state index contributed by atoms with van der Waals surface area (Å²) >= 11 is 0. The number of rotatable bonds is 7. The molecular weight excluding hydrogens is 418 g/mol. The number of benzene rings is 2. The van der Waals surface area contributed by atoms with Gasteiger partial charge in [-0.15, -0.1) is 0 Å². The van der Waals surface area contributed by atoms with E-state index in [1.165, 1.54) is 33.5 Å². The molecule has 9 heteroatoms. The maximum absolute atomic E-state index is 13.8. The second-order valence-electron chi connectivity index (χ2n) is 7.15. The quantitative estimate of drug-likeness (QED) is 0.422. The lowest BCUT2D eigenvalue weighted by molar-refractivity contribution is 0.0175. The fourth-order valence-electron chi connectivity index (χ4n) is 3.40. The third-order valence-electron chi connectivity index (χ3n) is 4.99. The van der Waals surface area contributed by atoms with Crippen LogP contribution >= 0.6 is 0 Å². The van der Waals surface area contributed by atoms with E-state index in [0.717, 1.165) is 6.92 Å². The van der Waals surface area contributed by atoms with Crippen molar-refractivity contribution in [2.24, 2.45) is 0 Å². The van der Waals surface area contributed by atoms with E-state index in [2.05, 4.69) is 15.4 Å². The number of halogens is 2. The number of hydrogen-bond donors (Lipinski definition) is 1. The Hall–Kier alpha value is -3.88. The number of aromatic nitrogens is 3. The third kappa shape index (κ3) is 4.01. The number of ether oxygens (including phenoxy) is 3. The van der Waals surface area contributed by atoms with Gasteiger partial charge in [0.2, 0.25) is 5.75 Å². The minimum Gasteiger partial charge on any atom is -0.493 e. The Labute approximate surface area is 183 Å². The zero-order valence-corrected chi connectivity index (χ0v) is 18.0.